The van der Waals surface area contributed by atoms with Gasteiger partial charge in [-0.1, -0.05) is 60.7 Å². The number of hydrogen-bond acceptors (Lipinski definition) is 5. The van der Waals surface area contributed by atoms with Crippen molar-refractivity contribution in [1.82, 2.24) is 4.90 Å². The number of rotatable bonds is 8. The molecular formula is C30H24FNO4S. The number of carbonyl (C=O) groups excluding carboxylic acids is 2. The molecular weight excluding hydrogens is 489 g/mol. The van der Waals surface area contributed by atoms with Gasteiger partial charge in [0.25, 0.3) is 11.1 Å². The number of fused-ring (bicyclic) bond motifs is 1. The van der Waals surface area contributed by atoms with Gasteiger partial charge in [-0.3, -0.25) is 14.5 Å². The van der Waals surface area contributed by atoms with Crippen LogP contribution >= 0.6 is 11.8 Å². The lowest BCUT2D eigenvalue weighted by Gasteiger charge is -2.14. The summed E-state index contributed by atoms with van der Waals surface area (Å²) in [5.41, 5.74) is 2.46. The molecule has 1 heterocycles. The molecule has 4 aromatic rings. The van der Waals surface area contributed by atoms with Crippen LogP contribution in [0.3, 0.4) is 0 Å². The van der Waals surface area contributed by atoms with Gasteiger partial charge in [-0.05, 0) is 76.5 Å². The molecule has 0 unspecified atom stereocenters. The first-order valence-electron chi connectivity index (χ1n) is 11.9. The van der Waals surface area contributed by atoms with Crippen LogP contribution in [0.1, 0.15) is 23.6 Å². The van der Waals surface area contributed by atoms with Gasteiger partial charge in [-0.25, -0.2) is 4.39 Å². The van der Waals surface area contributed by atoms with Crippen molar-refractivity contribution in [3.8, 4) is 11.5 Å². The van der Waals surface area contributed by atoms with E-state index in [0.29, 0.717) is 28.6 Å². The average molecular weight is 514 g/mol. The molecule has 1 aliphatic heterocycles. The molecule has 186 valence electrons. The fourth-order valence-corrected chi connectivity index (χ4v) is 4.97. The quantitative estimate of drug-likeness (QED) is 0.233. The van der Waals surface area contributed by atoms with Crippen LogP contribution in [-0.2, 0) is 17.9 Å². The fraction of sp³-hybridized carbons (Fsp3) is 0.133. The molecule has 0 aliphatic carbocycles. The Morgan fingerprint density at radius 1 is 0.892 bits per heavy atom. The Hall–Kier alpha value is -4.10. The Labute approximate surface area is 218 Å². The van der Waals surface area contributed by atoms with E-state index in [0.717, 1.165) is 33.7 Å². The van der Waals surface area contributed by atoms with Crippen LogP contribution in [0.25, 0.3) is 16.8 Å². The lowest BCUT2D eigenvalue weighted by molar-refractivity contribution is -0.123. The Balaban J connectivity index is 1.34. The minimum atomic E-state index is -0.322. The van der Waals surface area contributed by atoms with Crippen molar-refractivity contribution in [3.63, 3.8) is 0 Å². The third-order valence-corrected chi connectivity index (χ3v) is 6.86. The van der Waals surface area contributed by atoms with Crippen LogP contribution in [0, 0.1) is 5.82 Å². The summed E-state index contributed by atoms with van der Waals surface area (Å²) in [5.74, 6) is 0.433. The Bertz CT molecular complexity index is 1490. The van der Waals surface area contributed by atoms with Crippen LogP contribution in [-0.4, -0.2) is 22.7 Å². The van der Waals surface area contributed by atoms with Crippen LogP contribution < -0.4 is 9.47 Å². The summed E-state index contributed by atoms with van der Waals surface area (Å²) >= 11 is 0.929. The van der Waals surface area contributed by atoms with Crippen molar-refractivity contribution in [2.75, 3.05) is 6.61 Å². The van der Waals surface area contributed by atoms with E-state index < -0.39 is 0 Å². The minimum Gasteiger partial charge on any atom is -0.490 e. The number of nitrogens with zero attached hydrogens (tertiary/aromatic N) is 1. The molecule has 0 saturated carbocycles. The number of hydrogen-bond donors (Lipinski definition) is 0. The normalized spacial score (nSPS) is 14.5. The Kier molecular flexibility index (Phi) is 7.23. The number of amides is 2. The van der Waals surface area contributed by atoms with Gasteiger partial charge in [0.15, 0.2) is 11.5 Å². The van der Waals surface area contributed by atoms with Crippen LogP contribution in [0.4, 0.5) is 9.18 Å². The summed E-state index contributed by atoms with van der Waals surface area (Å²) in [6, 6.07) is 25.3. The highest BCUT2D eigenvalue weighted by atomic mass is 32.2. The molecule has 0 bridgehead atoms. The molecule has 1 fully saturated rings. The molecule has 1 aliphatic rings. The van der Waals surface area contributed by atoms with Gasteiger partial charge in [-0.15, -0.1) is 0 Å². The number of thioether (sulfide) groups is 1. The molecule has 37 heavy (non-hydrogen) atoms. The van der Waals surface area contributed by atoms with Gasteiger partial charge in [0, 0.05) is 0 Å². The van der Waals surface area contributed by atoms with E-state index in [1.165, 1.54) is 17.0 Å². The van der Waals surface area contributed by atoms with Gasteiger partial charge < -0.3 is 9.47 Å². The molecule has 4 aromatic carbocycles. The van der Waals surface area contributed by atoms with Crippen LogP contribution in [0.5, 0.6) is 11.5 Å². The molecule has 7 heteroatoms. The molecule has 0 atom stereocenters. The van der Waals surface area contributed by atoms with E-state index in [9.17, 15) is 14.0 Å². The van der Waals surface area contributed by atoms with E-state index in [1.807, 2.05) is 49.4 Å². The number of benzene rings is 4. The predicted octanol–water partition coefficient (Wildman–Crippen LogP) is 7.19. The van der Waals surface area contributed by atoms with Gasteiger partial charge >= 0.3 is 0 Å². The smallest absolute Gasteiger partial charge is 0.293 e. The molecule has 0 radical (unpaired) electrons. The first kappa shape index (κ1) is 24.6. The second-order valence-corrected chi connectivity index (χ2v) is 9.45. The highest BCUT2D eigenvalue weighted by Crippen LogP contribution is 2.36. The van der Waals surface area contributed by atoms with E-state index >= 15 is 0 Å². The predicted molar refractivity (Wildman–Crippen MR) is 144 cm³/mol. The maximum absolute atomic E-state index is 13.2. The number of carbonyl (C=O) groups is 2. The number of imide groups is 1. The monoisotopic (exact) mass is 513 g/mol. The summed E-state index contributed by atoms with van der Waals surface area (Å²) in [6.45, 7) is 2.77. The average Bonchev–Trinajstić information content (AvgIpc) is 3.17. The molecule has 5 nitrogen and oxygen atoms in total. The Morgan fingerprint density at radius 3 is 2.49 bits per heavy atom. The van der Waals surface area contributed by atoms with Crippen LogP contribution in [0.2, 0.25) is 0 Å². The topological polar surface area (TPSA) is 55.8 Å². The third-order valence-electron chi connectivity index (χ3n) is 5.95. The first-order valence-corrected chi connectivity index (χ1v) is 12.7. The zero-order valence-corrected chi connectivity index (χ0v) is 21.0. The van der Waals surface area contributed by atoms with E-state index in [1.54, 1.807) is 36.4 Å². The molecule has 0 spiro atoms. The zero-order chi connectivity index (χ0) is 25.8. The minimum absolute atomic E-state index is 0.212. The highest BCUT2D eigenvalue weighted by molar-refractivity contribution is 8.18. The largest absolute Gasteiger partial charge is 0.490 e. The SMILES string of the molecule is CCOc1cc(/C=C2\SC(=O)N(Cc3cccc4ccccc34)C2=O)ccc1OCc1ccc(F)cc1. The van der Waals surface area contributed by atoms with Crippen LogP contribution in [0.15, 0.2) is 89.8 Å². The van der Waals surface area contributed by atoms with Gasteiger partial charge in [0.05, 0.1) is 18.1 Å². The van der Waals surface area contributed by atoms with Crippen molar-refractivity contribution in [3.05, 3.63) is 112 Å². The fourth-order valence-electron chi connectivity index (χ4n) is 4.13. The van der Waals surface area contributed by atoms with Crippen molar-refractivity contribution in [2.45, 2.75) is 20.1 Å². The summed E-state index contributed by atoms with van der Waals surface area (Å²) in [6.07, 6.45) is 1.69. The third kappa shape index (κ3) is 5.52. The number of ether oxygens (including phenoxy) is 2. The molecule has 0 aromatic heterocycles. The van der Waals surface area contributed by atoms with Crippen molar-refractivity contribution in [1.29, 1.82) is 0 Å². The van der Waals surface area contributed by atoms with Gasteiger partial charge in [0.1, 0.15) is 12.4 Å². The van der Waals surface area contributed by atoms with E-state index in [4.69, 9.17) is 9.47 Å². The first-order chi connectivity index (χ1) is 18.0. The van der Waals surface area contributed by atoms with Gasteiger partial charge in [-0.2, -0.15) is 0 Å². The second kappa shape index (κ2) is 10.9. The summed E-state index contributed by atoms with van der Waals surface area (Å²) in [7, 11) is 0. The molecule has 2 amide bonds. The summed E-state index contributed by atoms with van der Waals surface area (Å²) in [4.78, 5) is 27.5. The van der Waals surface area contributed by atoms with Crippen molar-refractivity contribution in [2.24, 2.45) is 0 Å². The molecule has 0 N–H and O–H groups in total. The van der Waals surface area contributed by atoms with E-state index in [2.05, 4.69) is 0 Å². The van der Waals surface area contributed by atoms with Crippen molar-refractivity contribution < 1.29 is 23.5 Å². The molecule has 5 rings (SSSR count). The van der Waals surface area contributed by atoms with E-state index in [-0.39, 0.29) is 30.1 Å². The Morgan fingerprint density at radius 2 is 1.68 bits per heavy atom. The molecule has 1 saturated heterocycles. The summed E-state index contributed by atoms with van der Waals surface area (Å²) < 4.78 is 24.8. The lowest BCUT2D eigenvalue weighted by atomic mass is 10.0. The second-order valence-electron chi connectivity index (χ2n) is 8.46. The van der Waals surface area contributed by atoms with Crippen molar-refractivity contribution >= 4 is 39.8 Å². The summed E-state index contributed by atoms with van der Waals surface area (Å²) in [5, 5.41) is 1.78. The standard InChI is InChI=1S/C30H24FNO4S/c1-2-35-27-16-21(12-15-26(27)36-19-20-10-13-24(31)14-11-20)17-28-29(33)32(30(34)37-28)18-23-8-5-7-22-6-3-4-9-25(22)23/h3-17H,2,18-19H2,1H3/b28-17-. The maximum Gasteiger partial charge on any atom is 0.293 e. The maximum atomic E-state index is 13.2. The number of halogens is 1. The lowest BCUT2D eigenvalue weighted by Crippen LogP contribution is -2.27. The highest BCUT2D eigenvalue weighted by Gasteiger charge is 2.35. The zero-order valence-electron chi connectivity index (χ0n) is 20.1. The van der Waals surface area contributed by atoms with Gasteiger partial charge in [0.2, 0.25) is 0 Å².